The Kier molecular flexibility index (Phi) is 2.18. The molecule has 7 N–H and O–H groups in total. The van der Waals surface area contributed by atoms with E-state index in [1.807, 2.05) is 6.92 Å². The molecule has 1 rings (SSSR count). The minimum atomic E-state index is -0.569. The van der Waals surface area contributed by atoms with Crippen LogP contribution in [0.1, 0.15) is 13.3 Å². The van der Waals surface area contributed by atoms with Crippen LogP contribution in [-0.4, -0.2) is 11.6 Å². The molecule has 0 aromatic heterocycles. The lowest BCUT2D eigenvalue weighted by Crippen LogP contribution is -2.48. The Morgan fingerprint density at radius 3 is 2.62 bits per heavy atom. The van der Waals surface area contributed by atoms with Crippen LogP contribution < -0.4 is 22.5 Å². The minimum Gasteiger partial charge on any atom is -0.397 e. The first kappa shape index (κ1) is 9.44. The van der Waals surface area contributed by atoms with Gasteiger partial charge >= 0.3 is 6.03 Å². The fraction of sp³-hybridized carbons (Fsp3) is 0.375. The summed E-state index contributed by atoms with van der Waals surface area (Å²) >= 11 is 0. The molecule has 1 unspecified atom stereocenters. The summed E-state index contributed by atoms with van der Waals surface area (Å²) in [6.07, 6.45) is 4.07. The molecule has 0 fully saturated rings. The summed E-state index contributed by atoms with van der Waals surface area (Å²) in [7, 11) is 0. The highest BCUT2D eigenvalue weighted by molar-refractivity contribution is 5.73. The van der Waals surface area contributed by atoms with Gasteiger partial charge in [-0.25, -0.2) is 4.79 Å². The first-order chi connectivity index (χ1) is 5.93. The first-order valence-electron chi connectivity index (χ1n) is 3.95. The molecule has 0 heterocycles. The van der Waals surface area contributed by atoms with Gasteiger partial charge in [0.05, 0.1) is 16.9 Å². The molecule has 0 aromatic rings. The molecule has 0 bridgehead atoms. The van der Waals surface area contributed by atoms with E-state index in [1.165, 1.54) is 0 Å². The van der Waals surface area contributed by atoms with E-state index in [-0.39, 0.29) is 0 Å². The van der Waals surface area contributed by atoms with E-state index in [9.17, 15) is 4.79 Å². The van der Waals surface area contributed by atoms with E-state index in [4.69, 9.17) is 17.2 Å². The third-order valence-corrected chi connectivity index (χ3v) is 1.96. The molecule has 1 aliphatic carbocycles. The van der Waals surface area contributed by atoms with Crippen molar-refractivity contribution in [3.63, 3.8) is 0 Å². The van der Waals surface area contributed by atoms with Crippen molar-refractivity contribution in [1.82, 2.24) is 5.32 Å². The van der Waals surface area contributed by atoms with Gasteiger partial charge in [0.2, 0.25) is 0 Å². The number of nitrogens with one attached hydrogen (secondary N) is 1. The standard InChI is InChI=1S/C8H14N4O/c1-8(12-7(11)13)3-2-5(9)6(10)4-8/h2,4H,3,9-10H2,1H3,(H3,11,12,13). The monoisotopic (exact) mass is 182 g/mol. The lowest BCUT2D eigenvalue weighted by Gasteiger charge is -2.29. The summed E-state index contributed by atoms with van der Waals surface area (Å²) < 4.78 is 0. The molecule has 2 amide bonds. The Morgan fingerprint density at radius 2 is 2.15 bits per heavy atom. The molecule has 1 atom stereocenters. The van der Waals surface area contributed by atoms with E-state index in [0.29, 0.717) is 17.8 Å². The van der Waals surface area contributed by atoms with Crippen molar-refractivity contribution < 1.29 is 4.79 Å². The third kappa shape index (κ3) is 2.14. The number of nitrogens with two attached hydrogens (primary N) is 3. The predicted molar refractivity (Wildman–Crippen MR) is 50.3 cm³/mol. The molecule has 72 valence electrons. The Bertz CT molecular complexity index is 295. The number of urea groups is 1. The average Bonchev–Trinajstić information content (AvgIpc) is 1.96. The fourth-order valence-electron chi connectivity index (χ4n) is 1.29. The van der Waals surface area contributed by atoms with Crippen molar-refractivity contribution in [2.24, 2.45) is 17.2 Å². The van der Waals surface area contributed by atoms with Gasteiger partial charge in [0.1, 0.15) is 0 Å². The fourth-order valence-corrected chi connectivity index (χ4v) is 1.29. The summed E-state index contributed by atoms with van der Waals surface area (Å²) in [5.74, 6) is 0. The van der Waals surface area contributed by atoms with Gasteiger partial charge in [-0.15, -0.1) is 0 Å². The van der Waals surface area contributed by atoms with Gasteiger partial charge in [0, 0.05) is 0 Å². The van der Waals surface area contributed by atoms with Gasteiger partial charge in [0.25, 0.3) is 0 Å². The zero-order valence-corrected chi connectivity index (χ0v) is 7.50. The SMILES string of the molecule is CC1(NC(N)=O)C=C(N)C(N)=CC1. The number of hydrogen-bond acceptors (Lipinski definition) is 3. The van der Waals surface area contributed by atoms with E-state index < -0.39 is 11.6 Å². The average molecular weight is 182 g/mol. The number of hydrogen-bond donors (Lipinski definition) is 4. The van der Waals surface area contributed by atoms with Crippen molar-refractivity contribution in [3.05, 3.63) is 23.5 Å². The highest BCUT2D eigenvalue weighted by Gasteiger charge is 2.25. The van der Waals surface area contributed by atoms with Crippen LogP contribution in [0.15, 0.2) is 23.5 Å². The van der Waals surface area contributed by atoms with Crippen molar-refractivity contribution in [3.8, 4) is 0 Å². The summed E-state index contributed by atoms with van der Waals surface area (Å²) in [5, 5.41) is 2.59. The van der Waals surface area contributed by atoms with Crippen LogP contribution in [0.5, 0.6) is 0 Å². The molecule has 0 saturated heterocycles. The number of carbonyl (C=O) groups is 1. The Hall–Kier alpha value is -1.65. The zero-order valence-electron chi connectivity index (χ0n) is 7.50. The van der Waals surface area contributed by atoms with Crippen molar-refractivity contribution in [1.29, 1.82) is 0 Å². The number of rotatable bonds is 1. The van der Waals surface area contributed by atoms with Crippen molar-refractivity contribution in [2.45, 2.75) is 18.9 Å². The van der Waals surface area contributed by atoms with Crippen LogP contribution >= 0.6 is 0 Å². The van der Waals surface area contributed by atoms with Gasteiger partial charge < -0.3 is 22.5 Å². The summed E-state index contributed by atoms with van der Waals surface area (Å²) in [6, 6.07) is -0.569. The van der Waals surface area contributed by atoms with E-state index in [2.05, 4.69) is 5.32 Å². The predicted octanol–water partition coefficient (Wildman–Crippen LogP) is -0.498. The molecule has 5 heteroatoms. The molecule has 0 saturated carbocycles. The summed E-state index contributed by atoms with van der Waals surface area (Å²) in [6.45, 7) is 1.83. The Morgan fingerprint density at radius 1 is 1.54 bits per heavy atom. The zero-order chi connectivity index (χ0) is 10.1. The second-order valence-electron chi connectivity index (χ2n) is 3.37. The maximum absolute atomic E-state index is 10.7. The second kappa shape index (κ2) is 3.01. The van der Waals surface area contributed by atoms with Gasteiger partial charge in [-0.05, 0) is 19.4 Å². The lowest BCUT2D eigenvalue weighted by molar-refractivity contribution is 0.241. The van der Waals surface area contributed by atoms with E-state index in [1.54, 1.807) is 12.2 Å². The normalized spacial score (nSPS) is 27.5. The quantitative estimate of drug-likeness (QED) is 0.439. The Labute approximate surface area is 76.6 Å². The summed E-state index contributed by atoms with van der Waals surface area (Å²) in [5.41, 5.74) is 16.7. The highest BCUT2D eigenvalue weighted by atomic mass is 16.2. The minimum absolute atomic E-state index is 0.475. The van der Waals surface area contributed by atoms with Crippen LogP contribution in [0.4, 0.5) is 4.79 Å². The van der Waals surface area contributed by atoms with Crippen LogP contribution in [-0.2, 0) is 0 Å². The van der Waals surface area contributed by atoms with Gasteiger partial charge in [0.15, 0.2) is 0 Å². The topological polar surface area (TPSA) is 107 Å². The maximum atomic E-state index is 10.7. The first-order valence-corrected chi connectivity index (χ1v) is 3.95. The van der Waals surface area contributed by atoms with E-state index >= 15 is 0 Å². The van der Waals surface area contributed by atoms with Gasteiger partial charge in [-0.1, -0.05) is 6.08 Å². The highest BCUT2D eigenvalue weighted by Crippen LogP contribution is 2.20. The molecule has 0 spiro atoms. The largest absolute Gasteiger partial charge is 0.397 e. The molecular weight excluding hydrogens is 168 g/mol. The molecule has 5 nitrogen and oxygen atoms in total. The van der Waals surface area contributed by atoms with Crippen LogP contribution in [0.3, 0.4) is 0 Å². The number of amides is 2. The Balaban J connectivity index is 2.81. The number of primary amides is 1. The lowest BCUT2D eigenvalue weighted by atomic mass is 9.91. The molecule has 1 aliphatic rings. The van der Waals surface area contributed by atoms with E-state index in [0.717, 1.165) is 0 Å². The molecule has 0 aromatic carbocycles. The molecule has 0 radical (unpaired) electrons. The molecule has 0 aliphatic heterocycles. The molecular formula is C8H14N4O. The molecule has 13 heavy (non-hydrogen) atoms. The van der Waals surface area contributed by atoms with Crippen molar-refractivity contribution in [2.75, 3.05) is 0 Å². The van der Waals surface area contributed by atoms with Gasteiger partial charge in [-0.2, -0.15) is 0 Å². The third-order valence-electron chi connectivity index (χ3n) is 1.96. The van der Waals surface area contributed by atoms with Gasteiger partial charge in [-0.3, -0.25) is 0 Å². The smallest absolute Gasteiger partial charge is 0.312 e. The van der Waals surface area contributed by atoms with Crippen LogP contribution in [0.25, 0.3) is 0 Å². The number of carbonyl (C=O) groups excluding carboxylic acids is 1. The van der Waals surface area contributed by atoms with Crippen LogP contribution in [0, 0.1) is 0 Å². The second-order valence-corrected chi connectivity index (χ2v) is 3.37. The van der Waals surface area contributed by atoms with Crippen molar-refractivity contribution >= 4 is 6.03 Å². The van der Waals surface area contributed by atoms with Crippen LogP contribution in [0.2, 0.25) is 0 Å². The summed E-state index contributed by atoms with van der Waals surface area (Å²) in [4.78, 5) is 10.7. The maximum Gasteiger partial charge on any atom is 0.312 e.